The molecule has 0 atom stereocenters. The van der Waals surface area contributed by atoms with Crippen molar-refractivity contribution in [2.75, 3.05) is 32.7 Å². The molecule has 106 valence electrons. The van der Waals surface area contributed by atoms with E-state index in [0.717, 1.165) is 6.54 Å². The van der Waals surface area contributed by atoms with Crippen molar-refractivity contribution < 1.29 is 0 Å². The maximum Gasteiger partial charge on any atom is 0.00501 e. The summed E-state index contributed by atoms with van der Waals surface area (Å²) in [5, 5.41) is 3.62. The maximum atomic E-state index is 3.62. The predicted octanol–water partition coefficient (Wildman–Crippen LogP) is 3.42. The summed E-state index contributed by atoms with van der Waals surface area (Å²) >= 11 is 0. The largest absolute Gasteiger partial charge is 0.316 e. The molecular weight excluding hydrogens is 220 g/mol. The van der Waals surface area contributed by atoms with Gasteiger partial charge in [-0.15, -0.1) is 0 Å². The van der Waals surface area contributed by atoms with Crippen LogP contribution in [0, 0.1) is 5.41 Å². The van der Waals surface area contributed by atoms with E-state index in [9.17, 15) is 0 Å². The molecule has 0 amide bonds. The van der Waals surface area contributed by atoms with Crippen molar-refractivity contribution in [3.63, 3.8) is 0 Å². The second-order valence-corrected chi connectivity index (χ2v) is 6.53. The smallest absolute Gasteiger partial charge is 0.00501 e. The lowest BCUT2D eigenvalue weighted by Gasteiger charge is -2.36. The summed E-state index contributed by atoms with van der Waals surface area (Å²) in [7, 11) is 0. The van der Waals surface area contributed by atoms with Crippen LogP contribution in [0.5, 0.6) is 0 Å². The molecule has 0 bridgehead atoms. The Kier molecular flexibility index (Phi) is 5.97. The molecule has 2 aliphatic rings. The first-order valence-corrected chi connectivity index (χ1v) is 8.28. The average molecular weight is 252 g/mol. The van der Waals surface area contributed by atoms with Gasteiger partial charge in [0.05, 0.1) is 0 Å². The van der Waals surface area contributed by atoms with Gasteiger partial charge in [-0.25, -0.2) is 0 Å². The molecule has 2 fully saturated rings. The Morgan fingerprint density at radius 1 is 0.889 bits per heavy atom. The van der Waals surface area contributed by atoms with Gasteiger partial charge in [-0.3, -0.25) is 0 Å². The maximum absolute atomic E-state index is 3.62. The second kappa shape index (κ2) is 7.49. The number of rotatable bonds is 5. The van der Waals surface area contributed by atoms with Gasteiger partial charge >= 0.3 is 0 Å². The van der Waals surface area contributed by atoms with Crippen LogP contribution in [0.2, 0.25) is 0 Å². The number of hydrogen-bond acceptors (Lipinski definition) is 2. The highest BCUT2D eigenvalue weighted by atomic mass is 15.1. The first-order valence-electron chi connectivity index (χ1n) is 8.28. The summed E-state index contributed by atoms with van der Waals surface area (Å²) in [6, 6.07) is 0. The molecule has 18 heavy (non-hydrogen) atoms. The molecule has 2 heteroatoms. The van der Waals surface area contributed by atoms with Crippen molar-refractivity contribution in [1.82, 2.24) is 10.2 Å². The molecule has 2 rings (SSSR count). The first-order chi connectivity index (χ1) is 8.85. The lowest BCUT2D eigenvalue weighted by molar-refractivity contribution is 0.140. The minimum atomic E-state index is 0.606. The molecular formula is C16H32N2. The van der Waals surface area contributed by atoms with E-state index in [1.54, 1.807) is 0 Å². The van der Waals surface area contributed by atoms with Crippen molar-refractivity contribution in [2.45, 2.75) is 64.7 Å². The summed E-state index contributed by atoms with van der Waals surface area (Å²) in [5.74, 6) is 0. The van der Waals surface area contributed by atoms with E-state index in [2.05, 4.69) is 17.1 Å². The molecule has 0 radical (unpaired) electrons. The van der Waals surface area contributed by atoms with E-state index in [-0.39, 0.29) is 0 Å². The van der Waals surface area contributed by atoms with Gasteiger partial charge in [0.15, 0.2) is 0 Å². The molecule has 1 heterocycles. The zero-order valence-corrected chi connectivity index (χ0v) is 12.3. The van der Waals surface area contributed by atoms with Crippen molar-refractivity contribution >= 4 is 0 Å². The van der Waals surface area contributed by atoms with Gasteiger partial charge in [-0.1, -0.05) is 39.0 Å². The number of hydrogen-bond donors (Lipinski definition) is 1. The molecule has 1 aliphatic heterocycles. The third-order valence-corrected chi connectivity index (χ3v) is 4.92. The van der Waals surface area contributed by atoms with E-state index in [1.165, 1.54) is 84.0 Å². The fourth-order valence-corrected chi connectivity index (χ4v) is 3.85. The highest BCUT2D eigenvalue weighted by molar-refractivity contribution is 4.89. The number of nitrogens with one attached hydrogen (secondary N) is 1. The molecule has 1 saturated carbocycles. The van der Waals surface area contributed by atoms with Gasteiger partial charge in [-0.2, -0.15) is 0 Å². The molecule has 0 unspecified atom stereocenters. The molecule has 1 aliphatic carbocycles. The molecule has 1 saturated heterocycles. The lowest BCUT2D eigenvalue weighted by Crippen LogP contribution is -2.43. The van der Waals surface area contributed by atoms with Crippen LogP contribution in [0.3, 0.4) is 0 Å². The fourth-order valence-electron chi connectivity index (χ4n) is 3.85. The van der Waals surface area contributed by atoms with Gasteiger partial charge < -0.3 is 10.2 Å². The fraction of sp³-hybridized carbons (Fsp3) is 1.00. The molecule has 0 spiro atoms. The van der Waals surface area contributed by atoms with Gasteiger partial charge in [0.25, 0.3) is 0 Å². The quantitative estimate of drug-likeness (QED) is 0.806. The number of likely N-dealkylation sites (tertiary alicyclic amines) is 1. The molecule has 2 nitrogen and oxygen atoms in total. The van der Waals surface area contributed by atoms with Crippen molar-refractivity contribution in [1.29, 1.82) is 0 Å². The summed E-state index contributed by atoms with van der Waals surface area (Å²) in [6.45, 7) is 8.68. The minimum Gasteiger partial charge on any atom is -0.316 e. The highest BCUT2D eigenvalue weighted by Crippen LogP contribution is 2.38. The van der Waals surface area contributed by atoms with E-state index in [1.807, 2.05) is 0 Å². The minimum absolute atomic E-state index is 0.606. The van der Waals surface area contributed by atoms with Gasteiger partial charge in [0, 0.05) is 13.1 Å². The van der Waals surface area contributed by atoms with Crippen LogP contribution in [0.25, 0.3) is 0 Å². The van der Waals surface area contributed by atoms with Crippen molar-refractivity contribution in [3.8, 4) is 0 Å². The van der Waals surface area contributed by atoms with E-state index in [0.29, 0.717) is 5.41 Å². The third-order valence-electron chi connectivity index (χ3n) is 4.92. The molecule has 1 N–H and O–H groups in total. The van der Waals surface area contributed by atoms with E-state index in [4.69, 9.17) is 0 Å². The Hall–Kier alpha value is -0.0800. The zero-order valence-electron chi connectivity index (χ0n) is 12.3. The molecule has 0 aromatic rings. The van der Waals surface area contributed by atoms with Crippen LogP contribution in [0.1, 0.15) is 64.7 Å². The standard InChI is InChI=1S/C16H32N2/c1-2-17-14-16(10-6-7-11-16)15-18-12-8-4-3-5-9-13-18/h17H,2-15H2,1H3. The normalized spacial score (nSPS) is 25.8. The van der Waals surface area contributed by atoms with Crippen LogP contribution in [0.15, 0.2) is 0 Å². The number of nitrogens with zero attached hydrogens (tertiary/aromatic N) is 1. The topological polar surface area (TPSA) is 15.3 Å². The Bertz CT molecular complexity index is 213. The van der Waals surface area contributed by atoms with Gasteiger partial charge in [0.2, 0.25) is 0 Å². The Labute approximate surface area is 114 Å². The first kappa shape index (κ1) is 14.3. The molecule has 0 aromatic carbocycles. The van der Waals surface area contributed by atoms with Crippen LogP contribution in [-0.2, 0) is 0 Å². The van der Waals surface area contributed by atoms with Crippen LogP contribution < -0.4 is 5.32 Å². The third kappa shape index (κ3) is 4.24. The Balaban J connectivity index is 1.86. The monoisotopic (exact) mass is 252 g/mol. The SMILES string of the molecule is CCNCC1(CN2CCCCCCC2)CCCC1. The summed E-state index contributed by atoms with van der Waals surface area (Å²) in [6.07, 6.45) is 13.1. The van der Waals surface area contributed by atoms with Crippen LogP contribution in [0.4, 0.5) is 0 Å². The summed E-state index contributed by atoms with van der Waals surface area (Å²) in [5.41, 5.74) is 0.606. The average Bonchev–Trinajstić information content (AvgIpc) is 2.79. The lowest BCUT2D eigenvalue weighted by atomic mass is 9.85. The summed E-state index contributed by atoms with van der Waals surface area (Å²) < 4.78 is 0. The second-order valence-electron chi connectivity index (χ2n) is 6.53. The Morgan fingerprint density at radius 3 is 2.11 bits per heavy atom. The van der Waals surface area contributed by atoms with Crippen LogP contribution in [-0.4, -0.2) is 37.6 Å². The molecule has 0 aromatic heterocycles. The van der Waals surface area contributed by atoms with Crippen molar-refractivity contribution in [3.05, 3.63) is 0 Å². The summed E-state index contributed by atoms with van der Waals surface area (Å²) in [4.78, 5) is 2.78. The van der Waals surface area contributed by atoms with Crippen molar-refractivity contribution in [2.24, 2.45) is 5.41 Å². The zero-order chi connectivity index (χ0) is 12.7. The Morgan fingerprint density at radius 2 is 1.50 bits per heavy atom. The van der Waals surface area contributed by atoms with E-state index >= 15 is 0 Å². The highest BCUT2D eigenvalue weighted by Gasteiger charge is 2.34. The predicted molar refractivity (Wildman–Crippen MR) is 79.0 cm³/mol. The van der Waals surface area contributed by atoms with Crippen LogP contribution >= 0.6 is 0 Å². The van der Waals surface area contributed by atoms with E-state index < -0.39 is 0 Å². The van der Waals surface area contributed by atoms with Gasteiger partial charge in [0.1, 0.15) is 0 Å². The van der Waals surface area contributed by atoms with Gasteiger partial charge in [-0.05, 0) is 50.7 Å².